The number of nitrogens with zero attached hydrogens (tertiary/aromatic N) is 1. The molecule has 2 atom stereocenters. The van der Waals surface area contributed by atoms with Gasteiger partial charge in [0.1, 0.15) is 6.61 Å². The van der Waals surface area contributed by atoms with Gasteiger partial charge in [-0.2, -0.15) is 0 Å². The lowest BCUT2D eigenvalue weighted by atomic mass is 10.1. The van der Waals surface area contributed by atoms with Crippen LogP contribution in [0.4, 0.5) is 0 Å². The van der Waals surface area contributed by atoms with Gasteiger partial charge in [-0.1, -0.05) is 197 Å². The molecule has 0 aromatic heterocycles. The lowest BCUT2D eigenvalue weighted by Crippen LogP contribution is -2.50. The minimum atomic E-state index is -0.875. The van der Waals surface area contributed by atoms with Gasteiger partial charge in [-0.05, 0) is 64.2 Å². The third-order valence-corrected chi connectivity index (χ3v) is 11.8. The van der Waals surface area contributed by atoms with Crippen LogP contribution in [0.25, 0.3) is 0 Å². The predicted octanol–water partition coefficient (Wildman–Crippen LogP) is 15.1. The van der Waals surface area contributed by atoms with Crippen molar-refractivity contribution in [3.05, 3.63) is 48.6 Å². The van der Waals surface area contributed by atoms with Gasteiger partial charge in [0, 0.05) is 19.3 Å². The first-order valence-corrected chi connectivity index (χ1v) is 26.2. The number of carboxylic acids is 1. The van der Waals surface area contributed by atoms with Crippen molar-refractivity contribution in [2.45, 2.75) is 244 Å². The predicted molar refractivity (Wildman–Crippen MR) is 266 cm³/mol. The van der Waals surface area contributed by atoms with Crippen LogP contribution in [0.2, 0.25) is 0 Å². The molecule has 0 aliphatic rings. The molecule has 0 aliphatic heterocycles. The number of quaternary nitrogens is 1. The third kappa shape index (κ3) is 44.3. The van der Waals surface area contributed by atoms with E-state index in [4.69, 9.17) is 14.2 Å². The Labute approximate surface area is 388 Å². The Bertz CT molecular complexity index is 1170. The first-order chi connectivity index (χ1) is 30.6. The number of carboxylic acid groups (broad SMARTS) is 1. The molecular weight excluding hydrogens is 787 g/mol. The van der Waals surface area contributed by atoms with Crippen molar-refractivity contribution in [2.24, 2.45) is 0 Å². The number of carbonyl (C=O) groups is 3. The van der Waals surface area contributed by atoms with Gasteiger partial charge >= 0.3 is 17.9 Å². The topological polar surface area (TPSA) is 99.1 Å². The monoisotopic (exact) mass is 887 g/mol. The molecule has 0 saturated carbocycles. The van der Waals surface area contributed by atoms with E-state index in [1.807, 2.05) is 21.1 Å². The Kier molecular flexibility index (Phi) is 43.9. The first kappa shape index (κ1) is 60.3. The van der Waals surface area contributed by atoms with E-state index in [2.05, 4.69) is 62.5 Å². The molecule has 0 fully saturated rings. The van der Waals surface area contributed by atoms with Gasteiger partial charge in [-0.15, -0.1) is 0 Å². The summed E-state index contributed by atoms with van der Waals surface area (Å²) < 4.78 is 17.4. The van der Waals surface area contributed by atoms with Gasteiger partial charge in [0.2, 0.25) is 0 Å². The zero-order chi connectivity index (χ0) is 46.3. The lowest BCUT2D eigenvalue weighted by Gasteiger charge is -2.31. The van der Waals surface area contributed by atoms with Crippen molar-refractivity contribution in [3.8, 4) is 0 Å². The maximum absolute atomic E-state index is 12.8. The summed E-state index contributed by atoms with van der Waals surface area (Å²) in [4.78, 5) is 37.2. The first-order valence-electron chi connectivity index (χ1n) is 26.2. The van der Waals surface area contributed by atoms with Crippen molar-refractivity contribution >= 4 is 17.9 Å². The Morgan fingerprint density at radius 1 is 0.476 bits per heavy atom. The lowest BCUT2D eigenvalue weighted by molar-refractivity contribution is -0.887. The molecule has 0 rings (SSSR count). The van der Waals surface area contributed by atoms with Crippen molar-refractivity contribution < 1.29 is 38.2 Å². The molecule has 0 saturated heterocycles. The van der Waals surface area contributed by atoms with Crippen molar-refractivity contribution in [1.82, 2.24) is 0 Å². The highest BCUT2D eigenvalue weighted by Crippen LogP contribution is 2.15. The van der Waals surface area contributed by atoms with Crippen LogP contribution < -0.4 is 0 Å². The molecule has 0 spiro atoms. The molecule has 8 nitrogen and oxygen atoms in total. The second-order valence-corrected chi connectivity index (χ2v) is 18.8. The van der Waals surface area contributed by atoms with Gasteiger partial charge in [-0.3, -0.25) is 9.59 Å². The van der Waals surface area contributed by atoms with Crippen molar-refractivity contribution in [1.29, 1.82) is 0 Å². The van der Waals surface area contributed by atoms with Gasteiger partial charge in [0.25, 0.3) is 0 Å². The van der Waals surface area contributed by atoms with Gasteiger partial charge in [-0.25, -0.2) is 4.79 Å². The van der Waals surface area contributed by atoms with Gasteiger partial charge in [0.15, 0.2) is 12.1 Å². The molecule has 0 aliphatic carbocycles. The summed E-state index contributed by atoms with van der Waals surface area (Å²) in [6.07, 6.45) is 55.8. The Morgan fingerprint density at radius 2 is 0.825 bits per heavy atom. The number of hydrogen-bond acceptors (Lipinski definition) is 6. The zero-order valence-electron chi connectivity index (χ0n) is 41.8. The summed E-state index contributed by atoms with van der Waals surface area (Å²) >= 11 is 0. The number of hydrogen-bond donors (Lipinski definition) is 1. The molecule has 2 unspecified atom stereocenters. The minimum absolute atomic E-state index is 0.0535. The number of carbonyl (C=O) groups excluding carboxylic acids is 2. The molecule has 0 aromatic carbocycles. The van der Waals surface area contributed by atoms with Crippen LogP contribution in [0.3, 0.4) is 0 Å². The highest BCUT2D eigenvalue weighted by molar-refractivity contribution is 5.72. The Balaban J connectivity index is 4.24. The average molecular weight is 887 g/mol. The zero-order valence-corrected chi connectivity index (χ0v) is 41.8. The quantitative estimate of drug-likeness (QED) is 0.0281. The number of esters is 2. The van der Waals surface area contributed by atoms with Crippen molar-refractivity contribution in [3.63, 3.8) is 0 Å². The summed E-state index contributed by atoms with van der Waals surface area (Å²) in [6, 6.07) is -0.617. The molecule has 366 valence electrons. The number of likely N-dealkylation sites (N-methyl/N-ethyl adjacent to an activating group) is 1. The number of allylic oxidation sites excluding steroid dienone is 8. The van der Waals surface area contributed by atoms with Crippen molar-refractivity contribution in [2.75, 3.05) is 41.0 Å². The second kappa shape index (κ2) is 45.8. The van der Waals surface area contributed by atoms with E-state index >= 15 is 0 Å². The number of aliphatic carboxylic acids is 1. The fourth-order valence-corrected chi connectivity index (χ4v) is 7.66. The van der Waals surface area contributed by atoms with E-state index in [0.717, 1.165) is 38.5 Å². The highest BCUT2D eigenvalue weighted by Gasteiger charge is 2.31. The summed E-state index contributed by atoms with van der Waals surface area (Å²) in [5, 5.41) is 9.66. The molecule has 0 radical (unpaired) electrons. The number of unbranched alkanes of at least 4 members (excludes halogenated alkanes) is 27. The molecule has 63 heavy (non-hydrogen) atoms. The van der Waals surface area contributed by atoms with E-state index in [1.54, 1.807) is 0 Å². The number of ether oxygens (including phenoxy) is 3. The van der Waals surface area contributed by atoms with E-state index in [9.17, 15) is 19.5 Å². The number of rotatable bonds is 47. The molecule has 0 amide bonds. The smallest absolute Gasteiger partial charge is 0.362 e. The van der Waals surface area contributed by atoms with E-state index in [0.29, 0.717) is 19.3 Å². The summed E-state index contributed by atoms with van der Waals surface area (Å²) in [5.74, 6) is -1.47. The van der Waals surface area contributed by atoms with Crippen LogP contribution in [-0.2, 0) is 28.6 Å². The molecule has 8 heteroatoms. The molecule has 0 aromatic rings. The van der Waals surface area contributed by atoms with Crippen LogP contribution in [-0.4, -0.2) is 80.6 Å². The summed E-state index contributed by atoms with van der Waals surface area (Å²) in [5.41, 5.74) is 0. The summed E-state index contributed by atoms with van der Waals surface area (Å²) in [7, 11) is 5.54. The maximum atomic E-state index is 12.8. The Hall–Kier alpha value is -2.71. The SMILES string of the molecule is CCCCC/C=C/C=C/CCCCCCCCCCCCC(=O)OC(COCCC(C(=O)O)[N+](C)(C)C)COC(=O)CCCCCCCCCCCC/C=C/C=C/CCCCCC. The van der Waals surface area contributed by atoms with Crippen LogP contribution in [0.1, 0.15) is 232 Å². The van der Waals surface area contributed by atoms with Crippen LogP contribution >= 0.6 is 0 Å². The van der Waals surface area contributed by atoms with E-state index in [1.165, 1.54) is 161 Å². The molecule has 0 bridgehead atoms. The minimum Gasteiger partial charge on any atom is -0.477 e. The van der Waals surface area contributed by atoms with Gasteiger partial charge in [0.05, 0.1) is 34.4 Å². The average Bonchev–Trinajstić information content (AvgIpc) is 3.24. The normalized spacial score (nSPS) is 13.2. The fraction of sp³-hybridized carbons (Fsp3) is 0.800. The molecule has 0 heterocycles. The van der Waals surface area contributed by atoms with E-state index < -0.39 is 18.1 Å². The standard InChI is InChI=1S/C55H99NO7/c1-6-8-10-12-14-16-18-20-22-24-26-28-29-31-33-35-37-39-41-43-45-53(57)62-50-51(49-61-48-47-52(55(59)60)56(3,4)5)63-54(58)46-44-42-40-38-36-34-32-30-27-25-23-21-19-17-15-13-11-9-7-2/h15-22,51-52H,6-14,23-50H2,1-5H3/p+1/b17-15+,18-16+,21-19+,22-20+. The van der Waals surface area contributed by atoms with Gasteiger partial charge < -0.3 is 23.8 Å². The maximum Gasteiger partial charge on any atom is 0.362 e. The van der Waals surface area contributed by atoms with Crippen LogP contribution in [0, 0.1) is 0 Å². The molecule has 1 N–H and O–H groups in total. The van der Waals surface area contributed by atoms with E-state index in [-0.39, 0.29) is 36.2 Å². The third-order valence-electron chi connectivity index (χ3n) is 11.8. The largest absolute Gasteiger partial charge is 0.477 e. The van der Waals surface area contributed by atoms with Crippen LogP contribution in [0.5, 0.6) is 0 Å². The Morgan fingerprint density at radius 3 is 1.22 bits per heavy atom. The highest BCUT2D eigenvalue weighted by atomic mass is 16.6. The summed E-state index contributed by atoms with van der Waals surface area (Å²) in [6.45, 7) is 4.71. The van der Waals surface area contributed by atoms with Crippen LogP contribution in [0.15, 0.2) is 48.6 Å². The molecular formula is C55H100NO7+. The fourth-order valence-electron chi connectivity index (χ4n) is 7.66. The second-order valence-electron chi connectivity index (χ2n) is 18.8.